The number of piperazine rings is 1. The number of benzene rings is 2. The Hall–Kier alpha value is -1.38. The molecule has 1 saturated heterocycles. The minimum atomic E-state index is 0.551. The summed E-state index contributed by atoms with van der Waals surface area (Å²) in [5, 5.41) is 6.27. The van der Waals surface area contributed by atoms with E-state index in [0.29, 0.717) is 6.04 Å². The Morgan fingerprint density at radius 2 is 1.68 bits per heavy atom. The summed E-state index contributed by atoms with van der Waals surface area (Å²) in [6, 6.07) is 16.2. The zero-order valence-electron chi connectivity index (χ0n) is 13.9. The lowest BCUT2D eigenvalue weighted by molar-refractivity contribution is 0.161. The average Bonchev–Trinajstić information content (AvgIpc) is 2.56. The Morgan fingerprint density at radius 3 is 2.45 bits per heavy atom. The van der Waals surface area contributed by atoms with Gasteiger partial charge in [0.25, 0.3) is 0 Å². The third-order valence-electron chi connectivity index (χ3n) is 4.79. The number of hydrogen-bond acceptors (Lipinski definition) is 2. The van der Waals surface area contributed by atoms with Crippen LogP contribution in [-0.4, -0.2) is 31.1 Å². The normalized spacial score (nSPS) is 18.0. The molecule has 2 aromatic rings. The van der Waals surface area contributed by atoms with Crippen LogP contribution in [0.25, 0.3) is 10.8 Å². The van der Waals surface area contributed by atoms with Crippen LogP contribution in [0.1, 0.15) is 38.3 Å². The van der Waals surface area contributed by atoms with Crippen LogP contribution in [0.2, 0.25) is 0 Å². The summed E-state index contributed by atoms with van der Waals surface area (Å²) >= 11 is 0. The van der Waals surface area contributed by atoms with Crippen molar-refractivity contribution >= 4 is 10.8 Å². The van der Waals surface area contributed by atoms with Crippen LogP contribution in [0.3, 0.4) is 0 Å². The zero-order chi connectivity index (χ0) is 15.4. The molecule has 0 bridgehead atoms. The lowest BCUT2D eigenvalue weighted by Crippen LogP contribution is -2.45. The molecular formula is C20H28N2. The minimum Gasteiger partial charge on any atom is -0.314 e. The first kappa shape index (κ1) is 15.5. The molecule has 0 spiro atoms. The van der Waals surface area contributed by atoms with Gasteiger partial charge in [0.1, 0.15) is 0 Å². The first-order valence-corrected chi connectivity index (χ1v) is 8.68. The molecule has 1 fully saturated rings. The molecule has 1 aliphatic heterocycles. The lowest BCUT2D eigenvalue weighted by Gasteiger charge is -2.36. The summed E-state index contributed by atoms with van der Waals surface area (Å²) in [5.41, 5.74) is 1.51. The highest BCUT2D eigenvalue weighted by Crippen LogP contribution is 2.32. The molecule has 0 amide bonds. The predicted molar refractivity (Wildman–Crippen MR) is 95.2 cm³/mol. The van der Waals surface area contributed by atoms with Crippen molar-refractivity contribution in [1.82, 2.24) is 10.2 Å². The third kappa shape index (κ3) is 3.50. The van der Waals surface area contributed by atoms with Crippen molar-refractivity contribution in [3.63, 3.8) is 0 Å². The van der Waals surface area contributed by atoms with Gasteiger partial charge in [-0.05, 0) is 35.1 Å². The van der Waals surface area contributed by atoms with Crippen LogP contribution in [-0.2, 0) is 0 Å². The Kier molecular flexibility index (Phi) is 5.12. The molecule has 0 radical (unpaired) electrons. The summed E-state index contributed by atoms with van der Waals surface area (Å²) in [7, 11) is 0. The molecule has 0 aliphatic carbocycles. The average molecular weight is 296 g/mol. The maximum atomic E-state index is 3.48. The minimum absolute atomic E-state index is 0.551. The second-order valence-corrected chi connectivity index (χ2v) is 6.84. The smallest absolute Gasteiger partial charge is 0.0355 e. The largest absolute Gasteiger partial charge is 0.314 e. The molecule has 0 unspecified atom stereocenters. The van der Waals surface area contributed by atoms with Crippen molar-refractivity contribution in [3.05, 3.63) is 48.0 Å². The molecule has 0 aromatic heterocycles. The molecule has 1 atom stereocenters. The van der Waals surface area contributed by atoms with E-state index >= 15 is 0 Å². The van der Waals surface area contributed by atoms with Crippen LogP contribution >= 0.6 is 0 Å². The van der Waals surface area contributed by atoms with E-state index in [4.69, 9.17) is 0 Å². The van der Waals surface area contributed by atoms with Gasteiger partial charge in [0.05, 0.1) is 0 Å². The van der Waals surface area contributed by atoms with Gasteiger partial charge in [0.2, 0.25) is 0 Å². The molecule has 118 valence electrons. The fraction of sp³-hybridized carbons (Fsp3) is 0.500. The highest BCUT2D eigenvalue weighted by molar-refractivity contribution is 5.86. The number of nitrogens with zero attached hydrogens (tertiary/aromatic N) is 1. The third-order valence-corrected chi connectivity index (χ3v) is 4.79. The van der Waals surface area contributed by atoms with Crippen molar-refractivity contribution in [1.29, 1.82) is 0 Å². The second kappa shape index (κ2) is 7.26. The van der Waals surface area contributed by atoms with Crippen LogP contribution in [0.4, 0.5) is 0 Å². The molecule has 1 heterocycles. The maximum Gasteiger partial charge on any atom is 0.0355 e. The number of hydrogen-bond donors (Lipinski definition) is 1. The van der Waals surface area contributed by atoms with E-state index in [0.717, 1.165) is 32.1 Å². The van der Waals surface area contributed by atoms with E-state index in [1.54, 1.807) is 0 Å². The van der Waals surface area contributed by atoms with Crippen molar-refractivity contribution in [2.45, 2.75) is 32.7 Å². The van der Waals surface area contributed by atoms with Gasteiger partial charge in [-0.3, -0.25) is 4.90 Å². The fourth-order valence-electron chi connectivity index (χ4n) is 3.56. The Labute approximate surface area is 134 Å². The molecule has 0 saturated carbocycles. The first-order valence-electron chi connectivity index (χ1n) is 8.68. The highest BCUT2D eigenvalue weighted by Gasteiger charge is 2.23. The molecular weight excluding hydrogens is 268 g/mol. The molecule has 2 heteroatoms. The van der Waals surface area contributed by atoms with E-state index in [-0.39, 0.29) is 0 Å². The number of nitrogens with one attached hydrogen (secondary N) is 1. The topological polar surface area (TPSA) is 15.3 Å². The van der Waals surface area contributed by atoms with E-state index in [9.17, 15) is 0 Å². The number of rotatable bonds is 5. The van der Waals surface area contributed by atoms with Gasteiger partial charge in [-0.25, -0.2) is 0 Å². The van der Waals surface area contributed by atoms with Gasteiger partial charge in [0, 0.05) is 32.2 Å². The SMILES string of the molecule is CC(C)CC[C@H](c1cccc2ccccc12)N1CCNCC1. The van der Waals surface area contributed by atoms with Crippen LogP contribution in [0, 0.1) is 5.92 Å². The molecule has 1 aliphatic rings. The van der Waals surface area contributed by atoms with Crippen LogP contribution in [0.5, 0.6) is 0 Å². The molecule has 2 nitrogen and oxygen atoms in total. The predicted octanol–water partition coefficient (Wildman–Crippen LogP) is 4.22. The highest BCUT2D eigenvalue weighted by atomic mass is 15.2. The number of fused-ring (bicyclic) bond motifs is 1. The lowest BCUT2D eigenvalue weighted by atomic mass is 9.92. The van der Waals surface area contributed by atoms with E-state index in [1.807, 2.05) is 0 Å². The van der Waals surface area contributed by atoms with Crippen LogP contribution < -0.4 is 5.32 Å². The van der Waals surface area contributed by atoms with Crippen molar-refractivity contribution in [2.24, 2.45) is 5.92 Å². The molecule has 1 N–H and O–H groups in total. The second-order valence-electron chi connectivity index (χ2n) is 6.84. The maximum absolute atomic E-state index is 3.48. The van der Waals surface area contributed by atoms with Gasteiger partial charge < -0.3 is 5.32 Å². The van der Waals surface area contributed by atoms with E-state index in [2.05, 4.69) is 66.5 Å². The fourth-order valence-corrected chi connectivity index (χ4v) is 3.56. The van der Waals surface area contributed by atoms with Gasteiger partial charge in [-0.15, -0.1) is 0 Å². The first-order chi connectivity index (χ1) is 10.8. The van der Waals surface area contributed by atoms with Gasteiger partial charge in [0.15, 0.2) is 0 Å². The summed E-state index contributed by atoms with van der Waals surface area (Å²) in [6.45, 7) is 9.21. The monoisotopic (exact) mass is 296 g/mol. The summed E-state index contributed by atoms with van der Waals surface area (Å²) in [6.07, 6.45) is 2.55. The Balaban J connectivity index is 1.95. The summed E-state index contributed by atoms with van der Waals surface area (Å²) in [5.74, 6) is 0.764. The Morgan fingerprint density at radius 1 is 0.955 bits per heavy atom. The van der Waals surface area contributed by atoms with Crippen molar-refractivity contribution in [3.8, 4) is 0 Å². The summed E-state index contributed by atoms with van der Waals surface area (Å²) in [4.78, 5) is 2.68. The zero-order valence-corrected chi connectivity index (χ0v) is 13.9. The molecule has 3 rings (SSSR count). The van der Waals surface area contributed by atoms with Gasteiger partial charge >= 0.3 is 0 Å². The van der Waals surface area contributed by atoms with Crippen molar-refractivity contribution in [2.75, 3.05) is 26.2 Å². The Bertz CT molecular complexity index is 594. The van der Waals surface area contributed by atoms with Gasteiger partial charge in [-0.1, -0.05) is 56.3 Å². The standard InChI is InChI=1S/C20H28N2/c1-16(2)10-11-20(22-14-12-21-13-15-22)19-9-5-7-17-6-3-4-8-18(17)19/h3-9,16,20-21H,10-15H2,1-2H3/t20-/m1/s1. The van der Waals surface area contributed by atoms with E-state index < -0.39 is 0 Å². The molecule has 2 aromatic carbocycles. The summed E-state index contributed by atoms with van der Waals surface area (Å²) < 4.78 is 0. The quantitative estimate of drug-likeness (QED) is 0.888. The van der Waals surface area contributed by atoms with E-state index in [1.165, 1.54) is 29.2 Å². The van der Waals surface area contributed by atoms with Gasteiger partial charge in [-0.2, -0.15) is 0 Å². The van der Waals surface area contributed by atoms with Crippen molar-refractivity contribution < 1.29 is 0 Å². The van der Waals surface area contributed by atoms with Crippen LogP contribution in [0.15, 0.2) is 42.5 Å². The molecule has 22 heavy (non-hydrogen) atoms.